The third-order valence-electron chi connectivity index (χ3n) is 3.08. The zero-order valence-electron chi connectivity index (χ0n) is 12.3. The van der Waals surface area contributed by atoms with Crippen LogP contribution in [-0.2, 0) is 0 Å². The van der Waals surface area contributed by atoms with Gasteiger partial charge in [0.1, 0.15) is 11.5 Å². The molecular formula is C15H20N6. The van der Waals surface area contributed by atoms with Crippen molar-refractivity contribution in [1.82, 2.24) is 9.99 Å². The largest absolute Gasteiger partial charge is 0.353 e. The van der Waals surface area contributed by atoms with Crippen LogP contribution in [-0.4, -0.2) is 42.9 Å². The summed E-state index contributed by atoms with van der Waals surface area (Å²) in [6, 6.07) is 5.96. The average molecular weight is 284 g/mol. The lowest BCUT2D eigenvalue weighted by Crippen LogP contribution is -2.44. The molecule has 21 heavy (non-hydrogen) atoms. The second kappa shape index (κ2) is 7.94. The molecule has 0 saturated carbocycles. The second-order valence-corrected chi connectivity index (χ2v) is 4.55. The molecule has 0 bridgehead atoms. The molecule has 0 atom stereocenters. The Morgan fingerprint density at radius 3 is 2.71 bits per heavy atom. The van der Waals surface area contributed by atoms with Crippen molar-refractivity contribution >= 4 is 12.5 Å². The fraction of sp³-hybridized carbons (Fsp3) is 0.333. The predicted molar refractivity (Wildman–Crippen MR) is 85.3 cm³/mol. The van der Waals surface area contributed by atoms with Crippen molar-refractivity contribution in [2.24, 2.45) is 15.3 Å². The molecule has 1 aromatic rings. The molecule has 0 amide bonds. The van der Waals surface area contributed by atoms with E-state index >= 15 is 0 Å². The van der Waals surface area contributed by atoms with Gasteiger partial charge in [0.25, 0.3) is 0 Å². The van der Waals surface area contributed by atoms with E-state index in [0.717, 1.165) is 32.0 Å². The molecule has 6 nitrogen and oxygen atoms in total. The Morgan fingerprint density at radius 2 is 2.10 bits per heavy atom. The van der Waals surface area contributed by atoms with E-state index < -0.39 is 0 Å². The van der Waals surface area contributed by atoms with Gasteiger partial charge in [0.15, 0.2) is 0 Å². The smallest absolute Gasteiger partial charge is 0.128 e. The summed E-state index contributed by atoms with van der Waals surface area (Å²) in [5.41, 5.74) is 0.694. The number of aromatic nitrogens is 1. The van der Waals surface area contributed by atoms with Gasteiger partial charge in [-0.15, -0.1) is 5.11 Å². The van der Waals surface area contributed by atoms with Gasteiger partial charge in [0, 0.05) is 19.3 Å². The van der Waals surface area contributed by atoms with Crippen LogP contribution in [0.15, 0.2) is 63.8 Å². The van der Waals surface area contributed by atoms with Crippen LogP contribution in [0.1, 0.15) is 6.92 Å². The van der Waals surface area contributed by atoms with Crippen LogP contribution in [0.25, 0.3) is 0 Å². The van der Waals surface area contributed by atoms with E-state index in [1.54, 1.807) is 6.20 Å². The van der Waals surface area contributed by atoms with E-state index in [2.05, 4.69) is 31.9 Å². The molecule has 2 rings (SSSR count). The molecular weight excluding hydrogens is 264 g/mol. The molecule has 1 aliphatic heterocycles. The highest BCUT2D eigenvalue weighted by Crippen LogP contribution is 2.13. The summed E-state index contributed by atoms with van der Waals surface area (Å²) < 4.78 is 0. The van der Waals surface area contributed by atoms with Gasteiger partial charge in [0.2, 0.25) is 0 Å². The normalized spacial score (nSPS) is 16.9. The molecule has 2 heterocycles. The average Bonchev–Trinajstić information content (AvgIpc) is 2.54. The molecule has 0 spiro atoms. The molecule has 0 aromatic carbocycles. The fourth-order valence-corrected chi connectivity index (χ4v) is 2.04. The molecule has 1 fully saturated rings. The highest BCUT2D eigenvalue weighted by Gasteiger charge is 2.16. The van der Waals surface area contributed by atoms with E-state index in [9.17, 15) is 0 Å². The van der Waals surface area contributed by atoms with E-state index in [-0.39, 0.29) is 0 Å². The van der Waals surface area contributed by atoms with Crippen LogP contribution < -0.4 is 4.90 Å². The number of anilines is 1. The Kier molecular flexibility index (Phi) is 5.63. The predicted octanol–water partition coefficient (Wildman–Crippen LogP) is 2.69. The van der Waals surface area contributed by atoms with Crippen LogP contribution in [0.2, 0.25) is 0 Å². The Hall–Kier alpha value is -2.50. The molecule has 0 radical (unpaired) electrons. The van der Waals surface area contributed by atoms with Gasteiger partial charge in [-0.05, 0) is 31.9 Å². The maximum atomic E-state index is 4.37. The lowest BCUT2D eigenvalue weighted by molar-refractivity contribution is 0.252. The van der Waals surface area contributed by atoms with Crippen molar-refractivity contribution in [2.75, 3.05) is 31.1 Å². The summed E-state index contributed by atoms with van der Waals surface area (Å²) in [6.45, 7) is 8.78. The van der Waals surface area contributed by atoms with Crippen LogP contribution in [0.3, 0.4) is 0 Å². The number of rotatable bonds is 5. The van der Waals surface area contributed by atoms with Crippen LogP contribution >= 0.6 is 0 Å². The molecule has 110 valence electrons. The van der Waals surface area contributed by atoms with E-state index in [0.29, 0.717) is 5.70 Å². The minimum atomic E-state index is 0.694. The van der Waals surface area contributed by atoms with Crippen molar-refractivity contribution in [3.8, 4) is 0 Å². The number of aliphatic imine (C=N–C) groups is 1. The molecule has 0 unspecified atom stereocenters. The Labute approximate surface area is 125 Å². The summed E-state index contributed by atoms with van der Waals surface area (Å²) in [5.74, 6) is 1.01. The van der Waals surface area contributed by atoms with Crippen LogP contribution in [0.5, 0.6) is 0 Å². The van der Waals surface area contributed by atoms with Crippen molar-refractivity contribution in [1.29, 1.82) is 0 Å². The number of hydrogen-bond donors (Lipinski definition) is 0. The number of pyridine rings is 1. The van der Waals surface area contributed by atoms with Gasteiger partial charge in [-0.2, -0.15) is 0 Å². The van der Waals surface area contributed by atoms with Gasteiger partial charge in [-0.25, -0.2) is 4.98 Å². The SMILES string of the molecule is C=N/C=C(\C=C/C)N=NN1CCN(c2ccccn2)CC1. The van der Waals surface area contributed by atoms with E-state index in [4.69, 9.17) is 0 Å². The molecule has 0 aliphatic carbocycles. The van der Waals surface area contributed by atoms with E-state index in [1.807, 2.05) is 48.5 Å². The summed E-state index contributed by atoms with van der Waals surface area (Å²) >= 11 is 0. The summed E-state index contributed by atoms with van der Waals surface area (Å²) in [6.07, 6.45) is 7.16. The summed E-state index contributed by atoms with van der Waals surface area (Å²) in [4.78, 5) is 10.3. The van der Waals surface area contributed by atoms with Gasteiger partial charge < -0.3 is 4.90 Å². The van der Waals surface area contributed by atoms with Crippen LogP contribution in [0, 0.1) is 0 Å². The maximum absolute atomic E-state index is 4.37. The van der Waals surface area contributed by atoms with Crippen molar-refractivity contribution in [3.05, 3.63) is 48.4 Å². The highest BCUT2D eigenvalue weighted by atomic mass is 15.6. The monoisotopic (exact) mass is 284 g/mol. The third kappa shape index (κ3) is 4.52. The van der Waals surface area contributed by atoms with Gasteiger partial charge in [-0.1, -0.05) is 17.4 Å². The first-order valence-electron chi connectivity index (χ1n) is 6.95. The molecule has 1 saturated heterocycles. The Morgan fingerprint density at radius 1 is 1.29 bits per heavy atom. The lowest BCUT2D eigenvalue weighted by atomic mass is 10.3. The minimum Gasteiger partial charge on any atom is -0.353 e. The van der Waals surface area contributed by atoms with Crippen molar-refractivity contribution in [3.63, 3.8) is 0 Å². The van der Waals surface area contributed by atoms with Gasteiger partial charge in [0.05, 0.1) is 19.3 Å². The third-order valence-corrected chi connectivity index (χ3v) is 3.08. The topological polar surface area (TPSA) is 56.5 Å². The highest BCUT2D eigenvalue weighted by molar-refractivity contribution is 5.38. The van der Waals surface area contributed by atoms with Crippen molar-refractivity contribution in [2.45, 2.75) is 6.92 Å². The second-order valence-electron chi connectivity index (χ2n) is 4.55. The maximum Gasteiger partial charge on any atom is 0.128 e. The quantitative estimate of drug-likeness (QED) is 0.474. The fourth-order valence-electron chi connectivity index (χ4n) is 2.04. The first-order valence-corrected chi connectivity index (χ1v) is 6.95. The number of piperazine rings is 1. The summed E-state index contributed by atoms with van der Waals surface area (Å²) in [7, 11) is 0. The first kappa shape index (κ1) is 14.9. The standard InChI is InChI=1S/C15H20N6/c1-3-6-14(13-16-2)18-19-21-11-9-20(10-12-21)15-7-4-5-8-17-15/h3-8,13H,2,9-12H2,1H3/b6-3-,14-13+,19-18?. The van der Waals surface area contributed by atoms with E-state index in [1.165, 1.54) is 0 Å². The zero-order valence-corrected chi connectivity index (χ0v) is 12.3. The number of nitrogens with zero attached hydrogens (tertiary/aromatic N) is 6. The van der Waals surface area contributed by atoms with Gasteiger partial charge >= 0.3 is 0 Å². The number of allylic oxidation sites excluding steroid dienone is 2. The molecule has 1 aromatic heterocycles. The Bertz CT molecular complexity index is 526. The molecule has 1 aliphatic rings. The summed E-state index contributed by atoms with van der Waals surface area (Å²) in [5, 5.41) is 10.4. The Balaban J connectivity index is 1.89. The minimum absolute atomic E-state index is 0.694. The van der Waals surface area contributed by atoms with Crippen LogP contribution in [0.4, 0.5) is 5.82 Å². The lowest BCUT2D eigenvalue weighted by Gasteiger charge is -2.32. The number of hydrogen-bond acceptors (Lipinski definition) is 5. The zero-order chi connectivity index (χ0) is 14.9. The molecule has 6 heteroatoms. The van der Waals surface area contributed by atoms with Gasteiger partial charge in [-0.3, -0.25) is 10.0 Å². The van der Waals surface area contributed by atoms with Crippen molar-refractivity contribution < 1.29 is 0 Å². The molecule has 0 N–H and O–H groups in total. The first-order chi connectivity index (χ1) is 10.3.